The first-order valence-corrected chi connectivity index (χ1v) is 10.9. The van der Waals surface area contributed by atoms with Gasteiger partial charge in [-0.25, -0.2) is 9.37 Å². The molecule has 1 amide bonds. The number of rotatable bonds is 10. The van der Waals surface area contributed by atoms with Crippen LogP contribution in [0.15, 0.2) is 42.5 Å². The average Bonchev–Trinajstić information content (AvgIpc) is 3.27. The third-order valence-corrected chi connectivity index (χ3v) is 5.91. The fraction of sp³-hybridized carbons (Fsp3) is 0.348. The first-order valence-electron chi connectivity index (χ1n) is 10.1. The molecular weight excluding hydrogens is 431 g/mol. The Kier molecular flexibility index (Phi) is 7.99. The molecule has 9 heteroatoms. The van der Waals surface area contributed by atoms with Crippen molar-refractivity contribution in [3.63, 3.8) is 0 Å². The van der Waals surface area contributed by atoms with Gasteiger partial charge in [-0.3, -0.25) is 4.79 Å². The lowest BCUT2D eigenvalue weighted by atomic mass is 10.1. The highest BCUT2D eigenvalue weighted by Crippen LogP contribution is 2.27. The van der Waals surface area contributed by atoms with Gasteiger partial charge in [0.25, 0.3) is 0 Å². The van der Waals surface area contributed by atoms with Gasteiger partial charge in [-0.15, -0.1) is 0 Å². The van der Waals surface area contributed by atoms with Gasteiger partial charge in [-0.2, -0.15) is 4.37 Å². The van der Waals surface area contributed by atoms with Gasteiger partial charge in [0, 0.05) is 38.6 Å². The number of nitrogens with zero attached hydrogens (tertiary/aromatic N) is 4. The quantitative estimate of drug-likeness (QED) is 0.464. The zero-order valence-electron chi connectivity index (χ0n) is 18.7. The molecule has 32 heavy (non-hydrogen) atoms. The number of amides is 1. The summed E-state index contributed by atoms with van der Waals surface area (Å²) >= 11 is 1.25. The highest BCUT2D eigenvalue weighted by molar-refractivity contribution is 7.09. The van der Waals surface area contributed by atoms with Crippen LogP contribution < -0.4 is 14.4 Å². The molecule has 0 saturated heterocycles. The highest BCUT2D eigenvalue weighted by Gasteiger charge is 2.16. The van der Waals surface area contributed by atoms with Gasteiger partial charge in [-0.05, 0) is 41.8 Å². The van der Waals surface area contributed by atoms with E-state index in [9.17, 15) is 9.18 Å². The number of methoxy groups -OCH3 is 2. The maximum atomic E-state index is 13.1. The van der Waals surface area contributed by atoms with Crippen LogP contribution in [-0.2, 0) is 17.6 Å². The van der Waals surface area contributed by atoms with Crippen molar-refractivity contribution in [1.82, 2.24) is 14.3 Å². The van der Waals surface area contributed by atoms with E-state index in [1.807, 2.05) is 25.2 Å². The molecule has 3 rings (SSSR count). The second-order valence-corrected chi connectivity index (χ2v) is 8.14. The van der Waals surface area contributed by atoms with Crippen LogP contribution in [0.2, 0.25) is 0 Å². The van der Waals surface area contributed by atoms with Crippen molar-refractivity contribution in [3.05, 3.63) is 65.2 Å². The number of hydrogen-bond donors (Lipinski definition) is 0. The minimum atomic E-state index is -0.269. The van der Waals surface area contributed by atoms with Crippen molar-refractivity contribution in [1.29, 1.82) is 0 Å². The van der Waals surface area contributed by atoms with Crippen molar-refractivity contribution >= 4 is 22.6 Å². The summed E-state index contributed by atoms with van der Waals surface area (Å²) in [7, 11) is 6.81. The Balaban J connectivity index is 1.51. The number of anilines is 1. The lowest BCUT2D eigenvalue weighted by Crippen LogP contribution is -2.37. The van der Waals surface area contributed by atoms with Gasteiger partial charge in [-0.1, -0.05) is 18.2 Å². The molecule has 1 aromatic heterocycles. The van der Waals surface area contributed by atoms with E-state index in [-0.39, 0.29) is 18.3 Å². The van der Waals surface area contributed by atoms with Crippen molar-refractivity contribution < 1.29 is 18.7 Å². The van der Waals surface area contributed by atoms with Crippen molar-refractivity contribution in [2.75, 3.05) is 46.3 Å². The highest BCUT2D eigenvalue weighted by atomic mass is 32.1. The van der Waals surface area contributed by atoms with Crippen LogP contribution in [0.4, 0.5) is 9.52 Å². The lowest BCUT2D eigenvalue weighted by molar-refractivity contribution is -0.128. The van der Waals surface area contributed by atoms with E-state index in [1.165, 1.54) is 23.7 Å². The van der Waals surface area contributed by atoms with E-state index in [4.69, 9.17) is 9.47 Å². The molecule has 1 heterocycles. The molecule has 0 fully saturated rings. The van der Waals surface area contributed by atoms with E-state index in [1.54, 1.807) is 43.2 Å². The third-order valence-electron chi connectivity index (χ3n) is 5.04. The number of aromatic nitrogens is 2. The number of carbonyl (C=O) groups is 1. The molecule has 0 radical (unpaired) electrons. The Bertz CT molecular complexity index is 1040. The largest absolute Gasteiger partial charge is 0.493 e. The number of halogens is 1. The van der Waals surface area contributed by atoms with Gasteiger partial charge in [0.1, 0.15) is 11.6 Å². The maximum absolute atomic E-state index is 13.1. The summed E-state index contributed by atoms with van der Waals surface area (Å²) in [5.74, 6) is 1.72. The molecule has 2 aromatic carbocycles. The van der Waals surface area contributed by atoms with Crippen molar-refractivity contribution in [2.45, 2.75) is 12.8 Å². The minimum Gasteiger partial charge on any atom is -0.493 e. The Morgan fingerprint density at radius 1 is 1.03 bits per heavy atom. The van der Waals surface area contributed by atoms with E-state index >= 15 is 0 Å². The molecule has 0 aliphatic rings. The summed E-state index contributed by atoms with van der Waals surface area (Å²) in [5.41, 5.74) is 1.99. The molecule has 0 aliphatic heterocycles. The van der Waals surface area contributed by atoms with E-state index in [0.717, 1.165) is 11.1 Å². The van der Waals surface area contributed by atoms with Gasteiger partial charge in [0.2, 0.25) is 11.0 Å². The zero-order chi connectivity index (χ0) is 23.1. The number of hydrogen-bond acceptors (Lipinski definition) is 7. The fourth-order valence-corrected chi connectivity index (χ4v) is 3.75. The molecule has 170 valence electrons. The smallest absolute Gasteiger partial charge is 0.241 e. The van der Waals surface area contributed by atoms with Crippen LogP contribution in [-0.4, -0.2) is 61.6 Å². The standard InChI is InChI=1S/C23H27FN4O3S/c1-27(12-11-17-7-10-19(30-3)20(13-17)31-4)22(29)15-28(2)23-25-21(26-32-23)14-16-5-8-18(24)9-6-16/h5-10,13H,11-12,14-15H2,1-4H3. The second kappa shape index (κ2) is 10.9. The number of benzene rings is 2. The average molecular weight is 459 g/mol. The molecule has 7 nitrogen and oxygen atoms in total. The van der Waals surface area contributed by atoms with Gasteiger partial charge in [0.15, 0.2) is 11.5 Å². The maximum Gasteiger partial charge on any atom is 0.241 e. The van der Waals surface area contributed by atoms with Crippen LogP contribution in [0.25, 0.3) is 0 Å². The van der Waals surface area contributed by atoms with E-state index in [2.05, 4.69) is 9.36 Å². The summed E-state index contributed by atoms with van der Waals surface area (Å²) in [6, 6.07) is 12.0. The predicted octanol–water partition coefficient (Wildman–Crippen LogP) is 3.42. The molecule has 0 bridgehead atoms. The molecule has 3 aromatic rings. The summed E-state index contributed by atoms with van der Waals surface area (Å²) < 4.78 is 28.0. The van der Waals surface area contributed by atoms with Gasteiger partial charge < -0.3 is 19.3 Å². The lowest BCUT2D eigenvalue weighted by Gasteiger charge is -2.21. The predicted molar refractivity (Wildman–Crippen MR) is 123 cm³/mol. The zero-order valence-corrected chi connectivity index (χ0v) is 19.5. The molecule has 0 saturated carbocycles. The first kappa shape index (κ1) is 23.5. The number of carbonyl (C=O) groups excluding carboxylic acids is 1. The Hall–Kier alpha value is -3.20. The summed E-state index contributed by atoms with van der Waals surface area (Å²) in [6.45, 7) is 0.779. The summed E-state index contributed by atoms with van der Waals surface area (Å²) in [4.78, 5) is 20.7. The minimum absolute atomic E-state index is 0.0109. The summed E-state index contributed by atoms with van der Waals surface area (Å²) in [6.07, 6.45) is 1.22. The van der Waals surface area contributed by atoms with Crippen LogP contribution in [0.3, 0.4) is 0 Å². The number of likely N-dealkylation sites (N-methyl/N-ethyl adjacent to an activating group) is 2. The normalized spacial score (nSPS) is 10.7. The molecular formula is C23H27FN4O3S. The molecule has 0 atom stereocenters. The van der Waals surface area contributed by atoms with Crippen LogP contribution in [0.5, 0.6) is 11.5 Å². The summed E-state index contributed by atoms with van der Waals surface area (Å²) in [5, 5.41) is 0.670. The van der Waals surface area contributed by atoms with E-state index < -0.39 is 0 Å². The van der Waals surface area contributed by atoms with Crippen molar-refractivity contribution in [3.8, 4) is 11.5 Å². The molecule has 0 spiro atoms. The van der Waals surface area contributed by atoms with Crippen LogP contribution in [0, 0.1) is 5.82 Å². The first-order chi connectivity index (χ1) is 15.4. The Morgan fingerprint density at radius 2 is 1.72 bits per heavy atom. The molecule has 0 aliphatic carbocycles. The SMILES string of the molecule is COc1ccc(CCN(C)C(=O)CN(C)c2nc(Cc3ccc(F)cc3)ns2)cc1OC. The van der Waals surface area contributed by atoms with Crippen molar-refractivity contribution in [2.24, 2.45) is 0 Å². The Labute approximate surface area is 191 Å². The second-order valence-electron chi connectivity index (χ2n) is 7.41. The van der Waals surface area contributed by atoms with Crippen LogP contribution >= 0.6 is 11.5 Å². The third kappa shape index (κ3) is 6.16. The number of ether oxygens (including phenoxy) is 2. The topological polar surface area (TPSA) is 67.8 Å². The monoisotopic (exact) mass is 458 g/mol. The van der Waals surface area contributed by atoms with E-state index in [0.29, 0.717) is 41.8 Å². The molecule has 0 N–H and O–H groups in total. The van der Waals surface area contributed by atoms with Gasteiger partial charge >= 0.3 is 0 Å². The van der Waals surface area contributed by atoms with Gasteiger partial charge in [0.05, 0.1) is 20.8 Å². The molecule has 0 unspecified atom stereocenters. The fourth-order valence-electron chi connectivity index (χ4n) is 3.11. The Morgan fingerprint density at radius 3 is 2.41 bits per heavy atom. The van der Waals surface area contributed by atoms with Crippen LogP contribution in [0.1, 0.15) is 17.0 Å².